The molecule has 1 aliphatic heterocycles. The lowest BCUT2D eigenvalue weighted by atomic mass is 10.0. The van der Waals surface area contributed by atoms with Crippen LogP contribution in [0.3, 0.4) is 0 Å². The Balaban J connectivity index is 1.77. The maximum absolute atomic E-state index is 9.56. The molecule has 1 aromatic heterocycles. The molecular weight excluding hydrogens is 423 g/mol. The fourth-order valence-corrected chi connectivity index (χ4v) is 4.37. The molecule has 0 spiro atoms. The van der Waals surface area contributed by atoms with Gasteiger partial charge in [-0.3, -0.25) is 0 Å². The van der Waals surface area contributed by atoms with Gasteiger partial charge in [0.1, 0.15) is 11.9 Å². The highest BCUT2D eigenvalue weighted by atomic mass is 35.5. The number of methoxy groups -OCH3 is 2. The Morgan fingerprint density at radius 3 is 2.53 bits per heavy atom. The minimum atomic E-state index is 0.0242. The first-order valence-electron chi connectivity index (χ1n) is 9.43. The van der Waals surface area contributed by atoms with Crippen LogP contribution in [0.25, 0.3) is 10.8 Å². The molecule has 1 aliphatic rings. The molecule has 1 fully saturated rings. The number of ether oxygens (including phenoxy) is 2. The van der Waals surface area contributed by atoms with Crippen LogP contribution in [0.15, 0.2) is 36.5 Å². The number of halogens is 2. The molecule has 154 valence electrons. The average Bonchev–Trinajstić information content (AvgIpc) is 2.77. The third-order valence-corrected chi connectivity index (χ3v) is 5.87. The number of nitrogens with one attached hydrogen (secondary N) is 1. The molecule has 3 aromatic rings. The molecule has 1 saturated heterocycles. The van der Waals surface area contributed by atoms with Gasteiger partial charge in [0, 0.05) is 46.6 Å². The quantitative estimate of drug-likeness (QED) is 0.637. The van der Waals surface area contributed by atoms with Crippen molar-refractivity contribution in [2.24, 2.45) is 0 Å². The number of benzene rings is 2. The zero-order valence-electron chi connectivity index (χ0n) is 16.6. The van der Waals surface area contributed by atoms with Gasteiger partial charge in [-0.05, 0) is 29.8 Å². The van der Waals surface area contributed by atoms with E-state index in [9.17, 15) is 5.26 Å². The van der Waals surface area contributed by atoms with Gasteiger partial charge in [0.05, 0.1) is 25.8 Å². The third kappa shape index (κ3) is 3.72. The van der Waals surface area contributed by atoms with Crippen molar-refractivity contribution in [2.75, 3.05) is 38.8 Å². The third-order valence-electron chi connectivity index (χ3n) is 5.30. The van der Waals surface area contributed by atoms with Crippen LogP contribution in [-0.4, -0.2) is 38.8 Å². The molecule has 1 unspecified atom stereocenters. The van der Waals surface area contributed by atoms with E-state index in [4.69, 9.17) is 32.7 Å². The Labute approximate surface area is 184 Å². The second-order valence-corrected chi connectivity index (χ2v) is 7.82. The number of hydrogen-bond acceptors (Lipinski definition) is 6. The van der Waals surface area contributed by atoms with E-state index in [0.717, 1.165) is 35.2 Å². The van der Waals surface area contributed by atoms with E-state index < -0.39 is 0 Å². The van der Waals surface area contributed by atoms with Crippen molar-refractivity contribution >= 4 is 39.8 Å². The summed E-state index contributed by atoms with van der Waals surface area (Å²) >= 11 is 12.5. The van der Waals surface area contributed by atoms with Gasteiger partial charge in [0.25, 0.3) is 0 Å². The van der Waals surface area contributed by atoms with E-state index in [1.165, 1.54) is 0 Å². The summed E-state index contributed by atoms with van der Waals surface area (Å²) in [6.07, 6.45) is 1.61. The van der Waals surface area contributed by atoms with Gasteiger partial charge in [-0.15, -0.1) is 0 Å². The second kappa shape index (κ2) is 8.57. The molecule has 6 nitrogen and oxygen atoms in total. The number of anilines is 1. The van der Waals surface area contributed by atoms with Crippen LogP contribution < -0.4 is 19.7 Å². The first-order chi connectivity index (χ1) is 14.5. The molecule has 0 amide bonds. The molecule has 0 saturated carbocycles. The summed E-state index contributed by atoms with van der Waals surface area (Å²) in [6.45, 7) is 2.20. The molecular formula is C22H20Cl2N4O2. The number of pyridine rings is 1. The highest BCUT2D eigenvalue weighted by Gasteiger charge is 2.25. The lowest BCUT2D eigenvalue weighted by molar-refractivity contribution is 0.356. The first kappa shape index (κ1) is 20.5. The maximum Gasteiger partial charge on any atom is 0.161 e. The van der Waals surface area contributed by atoms with E-state index in [1.54, 1.807) is 26.5 Å². The predicted octanol–water partition coefficient (Wildman–Crippen LogP) is 4.58. The lowest BCUT2D eigenvalue weighted by Crippen LogP contribution is -2.46. The fraction of sp³-hybridized carbons (Fsp3) is 0.273. The van der Waals surface area contributed by atoms with Gasteiger partial charge in [-0.2, -0.15) is 5.26 Å². The first-order valence-corrected chi connectivity index (χ1v) is 10.2. The fourth-order valence-electron chi connectivity index (χ4n) is 3.83. The Morgan fingerprint density at radius 2 is 1.87 bits per heavy atom. The van der Waals surface area contributed by atoms with Crippen molar-refractivity contribution in [3.05, 3.63) is 57.7 Å². The zero-order valence-corrected chi connectivity index (χ0v) is 18.1. The van der Waals surface area contributed by atoms with Gasteiger partial charge in [-0.25, -0.2) is 4.98 Å². The van der Waals surface area contributed by atoms with Gasteiger partial charge in [0.15, 0.2) is 11.5 Å². The molecule has 0 aliphatic carbocycles. The number of rotatable bonds is 4. The van der Waals surface area contributed by atoms with Crippen LogP contribution in [0.5, 0.6) is 11.5 Å². The van der Waals surface area contributed by atoms with Crippen molar-refractivity contribution in [1.82, 2.24) is 10.3 Å². The highest BCUT2D eigenvalue weighted by molar-refractivity contribution is 6.35. The molecule has 4 rings (SSSR count). The average molecular weight is 443 g/mol. The number of aromatic nitrogens is 1. The number of fused-ring (bicyclic) bond motifs is 1. The van der Waals surface area contributed by atoms with Crippen molar-refractivity contribution in [2.45, 2.75) is 6.04 Å². The number of hydrogen-bond donors (Lipinski definition) is 1. The largest absolute Gasteiger partial charge is 0.493 e. The topological polar surface area (TPSA) is 70.4 Å². The smallest absolute Gasteiger partial charge is 0.161 e. The van der Waals surface area contributed by atoms with Gasteiger partial charge >= 0.3 is 0 Å². The summed E-state index contributed by atoms with van der Waals surface area (Å²) in [4.78, 5) is 6.82. The van der Waals surface area contributed by atoms with Crippen LogP contribution in [-0.2, 0) is 0 Å². The highest BCUT2D eigenvalue weighted by Crippen LogP contribution is 2.38. The Hall–Kier alpha value is -2.72. The maximum atomic E-state index is 9.56. The number of nitriles is 1. The molecule has 2 aromatic carbocycles. The summed E-state index contributed by atoms with van der Waals surface area (Å²) in [5.41, 5.74) is 1.48. The van der Waals surface area contributed by atoms with Gasteiger partial charge < -0.3 is 19.7 Å². The van der Waals surface area contributed by atoms with Crippen molar-refractivity contribution < 1.29 is 9.47 Å². The zero-order chi connectivity index (χ0) is 21.3. The summed E-state index contributed by atoms with van der Waals surface area (Å²) in [7, 11) is 3.17. The second-order valence-electron chi connectivity index (χ2n) is 6.98. The molecule has 0 bridgehead atoms. The van der Waals surface area contributed by atoms with E-state index >= 15 is 0 Å². The molecule has 2 heterocycles. The van der Waals surface area contributed by atoms with E-state index in [-0.39, 0.29) is 6.04 Å². The monoisotopic (exact) mass is 442 g/mol. The molecule has 1 atom stereocenters. The standard InChI is InChI=1S/C22H20Cl2N4O2/c1-29-20-8-16-13(10-25)11-27-22(17(16)9-21(20)30-2)28-6-5-26-19(12-28)15-4-3-14(23)7-18(15)24/h3-4,7-9,11,19,26H,5-6,12H2,1-2H3. The molecule has 0 radical (unpaired) electrons. The molecule has 8 heteroatoms. The van der Waals surface area contributed by atoms with Gasteiger partial charge in [-0.1, -0.05) is 29.3 Å². The van der Waals surface area contributed by atoms with Crippen LogP contribution in [0, 0.1) is 11.3 Å². The Bertz CT molecular complexity index is 1150. The number of piperazine rings is 1. The Kier molecular flexibility index (Phi) is 5.87. The summed E-state index contributed by atoms with van der Waals surface area (Å²) < 4.78 is 10.9. The van der Waals surface area contributed by atoms with Crippen LogP contribution in [0.2, 0.25) is 10.0 Å². The SMILES string of the molecule is COc1cc2c(C#N)cnc(N3CCNC(c4ccc(Cl)cc4Cl)C3)c2cc1OC. The normalized spacial score (nSPS) is 16.4. The van der Waals surface area contributed by atoms with Crippen molar-refractivity contribution in [3.8, 4) is 17.6 Å². The van der Waals surface area contributed by atoms with Gasteiger partial charge in [0.2, 0.25) is 0 Å². The summed E-state index contributed by atoms with van der Waals surface area (Å²) in [5, 5.41) is 15.9. The van der Waals surface area contributed by atoms with Crippen LogP contribution in [0.4, 0.5) is 5.82 Å². The minimum Gasteiger partial charge on any atom is -0.493 e. The van der Waals surface area contributed by atoms with E-state index in [1.807, 2.05) is 24.3 Å². The van der Waals surface area contributed by atoms with E-state index in [0.29, 0.717) is 33.7 Å². The molecule has 1 N–H and O–H groups in total. The van der Waals surface area contributed by atoms with Crippen LogP contribution >= 0.6 is 23.2 Å². The minimum absolute atomic E-state index is 0.0242. The van der Waals surface area contributed by atoms with Crippen molar-refractivity contribution in [3.63, 3.8) is 0 Å². The number of nitrogens with zero attached hydrogens (tertiary/aromatic N) is 3. The van der Waals surface area contributed by atoms with Crippen LogP contribution in [0.1, 0.15) is 17.2 Å². The summed E-state index contributed by atoms with van der Waals surface area (Å²) in [5.74, 6) is 1.96. The van der Waals surface area contributed by atoms with E-state index in [2.05, 4.69) is 21.3 Å². The molecule has 30 heavy (non-hydrogen) atoms. The Morgan fingerprint density at radius 1 is 1.13 bits per heavy atom. The summed E-state index contributed by atoms with van der Waals surface area (Å²) in [6, 6.07) is 11.5. The lowest BCUT2D eigenvalue weighted by Gasteiger charge is -2.35. The van der Waals surface area contributed by atoms with Crippen molar-refractivity contribution in [1.29, 1.82) is 5.26 Å². The predicted molar refractivity (Wildman–Crippen MR) is 119 cm³/mol.